The van der Waals surface area contributed by atoms with Crippen LogP contribution in [0.5, 0.6) is 0 Å². The normalized spacial score (nSPS) is 24.1. The van der Waals surface area contributed by atoms with Gasteiger partial charge in [-0.15, -0.1) is 0 Å². The third kappa shape index (κ3) is 4.00. The molecule has 13 heavy (non-hydrogen) atoms. The van der Waals surface area contributed by atoms with Crippen molar-refractivity contribution in [3.8, 4) is 0 Å². The molecule has 0 amide bonds. The Morgan fingerprint density at radius 2 is 2.23 bits per heavy atom. The topological polar surface area (TPSA) is 35.5 Å². The van der Waals surface area contributed by atoms with E-state index in [0.717, 1.165) is 19.4 Å². The lowest BCUT2D eigenvalue weighted by molar-refractivity contribution is -0.154. The van der Waals surface area contributed by atoms with E-state index in [1.165, 1.54) is 12.0 Å². The summed E-state index contributed by atoms with van der Waals surface area (Å²) in [6.45, 7) is 6.36. The highest BCUT2D eigenvalue weighted by Crippen LogP contribution is 2.26. The molecule has 76 valence electrons. The van der Waals surface area contributed by atoms with Crippen LogP contribution in [0.2, 0.25) is 0 Å². The van der Waals surface area contributed by atoms with Gasteiger partial charge in [0.15, 0.2) is 0 Å². The van der Waals surface area contributed by atoms with Crippen molar-refractivity contribution < 1.29 is 13.7 Å². The van der Waals surface area contributed by atoms with Gasteiger partial charge in [0.2, 0.25) is 0 Å². The Kier molecular flexibility index (Phi) is 3.62. The predicted octanol–water partition coefficient (Wildman–Crippen LogP) is 2.16. The lowest BCUT2D eigenvalue weighted by atomic mass is 10.2. The van der Waals surface area contributed by atoms with E-state index in [9.17, 15) is 4.79 Å². The molecule has 1 aliphatic rings. The quantitative estimate of drug-likeness (QED) is 0.484. The van der Waals surface area contributed by atoms with Crippen molar-refractivity contribution in [2.75, 3.05) is 6.61 Å². The standard InChI is InChI=1S/C9H16O3S/c1-9(2,3)12-8(10)7-5-4-6-11-13-7/h7H,4-6H2,1-3H3. The molecule has 1 saturated heterocycles. The molecule has 0 radical (unpaired) electrons. The molecule has 0 aliphatic carbocycles. The van der Waals surface area contributed by atoms with Crippen LogP contribution >= 0.6 is 12.0 Å². The zero-order valence-electron chi connectivity index (χ0n) is 8.33. The van der Waals surface area contributed by atoms with Gasteiger partial charge in [-0.2, -0.15) is 0 Å². The first-order valence-corrected chi connectivity index (χ1v) is 5.31. The van der Waals surface area contributed by atoms with Gasteiger partial charge in [0.1, 0.15) is 10.9 Å². The summed E-state index contributed by atoms with van der Waals surface area (Å²) in [5.41, 5.74) is -0.394. The molecular formula is C9H16O3S. The number of carbonyl (C=O) groups excluding carboxylic acids is 1. The van der Waals surface area contributed by atoms with E-state index < -0.39 is 5.60 Å². The molecule has 4 heteroatoms. The number of esters is 1. The number of hydrogen-bond acceptors (Lipinski definition) is 4. The third-order valence-electron chi connectivity index (χ3n) is 1.55. The zero-order chi connectivity index (χ0) is 9.90. The highest BCUT2D eigenvalue weighted by molar-refractivity contribution is 7.96. The maximum atomic E-state index is 11.5. The van der Waals surface area contributed by atoms with Crippen LogP contribution < -0.4 is 0 Å². The summed E-state index contributed by atoms with van der Waals surface area (Å²) in [4.78, 5) is 11.5. The first-order chi connectivity index (χ1) is 5.99. The SMILES string of the molecule is CC(C)(C)OC(=O)C1CCCOS1. The van der Waals surface area contributed by atoms with E-state index in [2.05, 4.69) is 0 Å². The molecule has 0 spiro atoms. The molecule has 1 fully saturated rings. The predicted molar refractivity (Wildman–Crippen MR) is 52.4 cm³/mol. The summed E-state index contributed by atoms with van der Waals surface area (Å²) in [7, 11) is 0. The zero-order valence-corrected chi connectivity index (χ0v) is 9.15. The Balaban J connectivity index is 2.38. The Hall–Kier alpha value is -0.220. The van der Waals surface area contributed by atoms with Crippen LogP contribution in [0.25, 0.3) is 0 Å². The maximum absolute atomic E-state index is 11.5. The van der Waals surface area contributed by atoms with Gasteiger partial charge in [0.05, 0.1) is 6.61 Å². The molecule has 1 unspecified atom stereocenters. The highest BCUT2D eigenvalue weighted by Gasteiger charge is 2.28. The van der Waals surface area contributed by atoms with Crippen molar-refractivity contribution in [1.82, 2.24) is 0 Å². The second-order valence-electron chi connectivity index (χ2n) is 4.08. The van der Waals surface area contributed by atoms with E-state index >= 15 is 0 Å². The minimum Gasteiger partial charge on any atom is -0.459 e. The number of carbonyl (C=O) groups is 1. The molecule has 0 aromatic heterocycles. The molecular weight excluding hydrogens is 188 g/mol. The van der Waals surface area contributed by atoms with Gasteiger partial charge in [-0.05, 0) is 33.6 Å². The minimum absolute atomic E-state index is 0.132. The smallest absolute Gasteiger partial charge is 0.321 e. The van der Waals surface area contributed by atoms with Crippen LogP contribution in [0.4, 0.5) is 0 Å². The first-order valence-electron chi connectivity index (χ1n) is 4.50. The lowest BCUT2D eigenvalue weighted by Crippen LogP contribution is -2.31. The summed E-state index contributed by atoms with van der Waals surface area (Å²) in [6, 6.07) is 0. The molecule has 0 saturated carbocycles. The monoisotopic (exact) mass is 204 g/mol. The molecule has 1 aliphatic heterocycles. The van der Waals surface area contributed by atoms with Crippen molar-refractivity contribution in [3.63, 3.8) is 0 Å². The fourth-order valence-electron chi connectivity index (χ4n) is 1.03. The fraction of sp³-hybridized carbons (Fsp3) is 0.889. The van der Waals surface area contributed by atoms with Crippen LogP contribution in [-0.4, -0.2) is 23.4 Å². The largest absolute Gasteiger partial charge is 0.459 e. The van der Waals surface area contributed by atoms with Gasteiger partial charge in [0, 0.05) is 12.0 Å². The van der Waals surface area contributed by atoms with Crippen molar-refractivity contribution in [3.05, 3.63) is 0 Å². The molecule has 1 heterocycles. The van der Waals surface area contributed by atoms with E-state index in [0.29, 0.717) is 0 Å². The van der Waals surface area contributed by atoms with E-state index in [1.54, 1.807) is 0 Å². The van der Waals surface area contributed by atoms with Crippen molar-refractivity contribution in [2.24, 2.45) is 0 Å². The average Bonchev–Trinajstić information content (AvgIpc) is 2.03. The summed E-state index contributed by atoms with van der Waals surface area (Å²) < 4.78 is 10.4. The Bertz CT molecular complexity index is 180. The van der Waals surface area contributed by atoms with Crippen molar-refractivity contribution in [2.45, 2.75) is 44.5 Å². The summed E-state index contributed by atoms with van der Waals surface area (Å²) in [6.07, 6.45) is 1.80. The van der Waals surface area contributed by atoms with Gasteiger partial charge in [-0.25, -0.2) is 0 Å². The van der Waals surface area contributed by atoms with E-state index in [4.69, 9.17) is 8.92 Å². The fourth-order valence-corrected chi connectivity index (χ4v) is 1.80. The number of rotatable bonds is 1. The lowest BCUT2D eigenvalue weighted by Gasteiger charge is -2.25. The highest BCUT2D eigenvalue weighted by atomic mass is 32.2. The molecule has 0 aromatic carbocycles. The van der Waals surface area contributed by atoms with Crippen LogP contribution in [0.3, 0.4) is 0 Å². The second-order valence-corrected chi connectivity index (χ2v) is 5.08. The molecule has 0 aromatic rings. The van der Waals surface area contributed by atoms with Gasteiger partial charge >= 0.3 is 5.97 Å². The minimum atomic E-state index is -0.394. The Morgan fingerprint density at radius 3 is 2.69 bits per heavy atom. The Labute approximate surface area is 83.4 Å². The summed E-state index contributed by atoms with van der Waals surface area (Å²) >= 11 is 1.24. The van der Waals surface area contributed by atoms with E-state index in [1.807, 2.05) is 20.8 Å². The van der Waals surface area contributed by atoms with Crippen LogP contribution in [0.15, 0.2) is 0 Å². The van der Waals surface area contributed by atoms with Crippen molar-refractivity contribution >= 4 is 18.0 Å². The number of ether oxygens (including phenoxy) is 1. The molecule has 1 atom stereocenters. The number of hydrogen-bond donors (Lipinski definition) is 0. The van der Waals surface area contributed by atoms with Crippen LogP contribution in [-0.2, 0) is 13.7 Å². The first kappa shape index (κ1) is 10.9. The molecule has 0 N–H and O–H groups in total. The molecule has 0 bridgehead atoms. The Morgan fingerprint density at radius 1 is 1.54 bits per heavy atom. The maximum Gasteiger partial charge on any atom is 0.321 e. The van der Waals surface area contributed by atoms with Crippen molar-refractivity contribution in [1.29, 1.82) is 0 Å². The summed E-state index contributed by atoms with van der Waals surface area (Å²) in [5, 5.41) is -0.132. The van der Waals surface area contributed by atoms with Gasteiger partial charge in [0.25, 0.3) is 0 Å². The summed E-state index contributed by atoms with van der Waals surface area (Å²) in [5.74, 6) is -0.155. The third-order valence-corrected chi connectivity index (χ3v) is 2.51. The van der Waals surface area contributed by atoms with Gasteiger partial charge in [-0.1, -0.05) is 0 Å². The van der Waals surface area contributed by atoms with E-state index in [-0.39, 0.29) is 11.2 Å². The molecule has 3 nitrogen and oxygen atoms in total. The second kappa shape index (κ2) is 4.33. The molecule has 1 rings (SSSR count). The van der Waals surface area contributed by atoms with Crippen LogP contribution in [0, 0.1) is 0 Å². The van der Waals surface area contributed by atoms with Crippen LogP contribution in [0.1, 0.15) is 33.6 Å². The van der Waals surface area contributed by atoms with Gasteiger partial charge in [-0.3, -0.25) is 4.79 Å². The van der Waals surface area contributed by atoms with Gasteiger partial charge < -0.3 is 8.92 Å². The average molecular weight is 204 g/mol.